The lowest BCUT2D eigenvalue weighted by Crippen LogP contribution is -2.17. The smallest absolute Gasteiger partial charge is 0.243 e. The third-order valence-corrected chi connectivity index (χ3v) is 5.41. The number of aryl methyl sites for hydroxylation is 1. The highest BCUT2D eigenvalue weighted by atomic mass is 16.5. The molecule has 0 bridgehead atoms. The first-order valence-corrected chi connectivity index (χ1v) is 11.2. The summed E-state index contributed by atoms with van der Waals surface area (Å²) in [5.74, 6) is 2.02. The number of carbonyl (C=O) groups excluding carboxylic acids is 1. The number of carbonyl (C=O) groups is 1. The first kappa shape index (κ1) is 23.2. The number of hydrogen-bond acceptors (Lipinski definition) is 8. The summed E-state index contributed by atoms with van der Waals surface area (Å²) in [7, 11) is 0. The summed E-state index contributed by atoms with van der Waals surface area (Å²) in [5.41, 5.74) is 9.90. The van der Waals surface area contributed by atoms with Crippen molar-refractivity contribution in [1.82, 2.24) is 25.2 Å². The van der Waals surface area contributed by atoms with Crippen LogP contribution in [0.3, 0.4) is 0 Å². The largest absolute Gasteiger partial charge is 0.494 e. The quantitative estimate of drug-likeness (QED) is 0.173. The molecule has 0 aliphatic rings. The van der Waals surface area contributed by atoms with Gasteiger partial charge in [0.2, 0.25) is 11.9 Å². The Balaban J connectivity index is 1.38. The minimum Gasteiger partial charge on any atom is -0.494 e. The van der Waals surface area contributed by atoms with Gasteiger partial charge in [0.05, 0.1) is 24.7 Å². The topological polar surface area (TPSA) is 141 Å². The lowest BCUT2D eigenvalue weighted by molar-refractivity contribution is -0.129. The molecule has 0 saturated heterocycles. The van der Waals surface area contributed by atoms with E-state index in [4.69, 9.17) is 20.1 Å². The summed E-state index contributed by atoms with van der Waals surface area (Å²) in [4.78, 5) is 19.8. The highest BCUT2D eigenvalue weighted by molar-refractivity contribution is 5.89. The van der Waals surface area contributed by atoms with Crippen LogP contribution in [-0.2, 0) is 11.3 Å². The Labute approximate surface area is 196 Å². The van der Waals surface area contributed by atoms with E-state index in [9.17, 15) is 4.79 Å². The van der Waals surface area contributed by atoms with Crippen LogP contribution in [0.1, 0.15) is 43.4 Å². The standard InChI is InChI=1S/C24H28N6O4/c1-16-10-11-20(34-16)22-19-14-26-30(23(19)28-24(25)27-22)15-17-7-6-8-18(13-17)33-12-5-3-2-4-9-21(31)29-32/h6-8,10-11,13-14,32H,2-5,9,12,15H2,1H3,(H,29,31)(H2,25,27,28). The molecule has 1 aromatic carbocycles. The SMILES string of the molecule is Cc1ccc(-c2nc(N)nc3c2cnn3Cc2cccc(OCCCCCCC(=O)NO)c2)o1. The zero-order chi connectivity index (χ0) is 23.9. The monoisotopic (exact) mass is 464 g/mol. The van der Waals surface area contributed by atoms with E-state index in [-0.39, 0.29) is 11.9 Å². The van der Waals surface area contributed by atoms with E-state index in [1.54, 1.807) is 16.4 Å². The van der Waals surface area contributed by atoms with E-state index in [1.807, 2.05) is 43.3 Å². The maximum absolute atomic E-state index is 11.0. The highest BCUT2D eigenvalue weighted by Gasteiger charge is 2.16. The number of rotatable bonds is 11. The molecule has 0 saturated carbocycles. The van der Waals surface area contributed by atoms with Crippen molar-refractivity contribution in [2.75, 3.05) is 12.3 Å². The number of aromatic nitrogens is 4. The number of anilines is 1. The molecule has 10 nitrogen and oxygen atoms in total. The molecule has 4 N–H and O–H groups in total. The summed E-state index contributed by atoms with van der Waals surface area (Å²) in [6.07, 6.45) is 5.56. The van der Waals surface area contributed by atoms with Gasteiger partial charge in [0, 0.05) is 6.42 Å². The Morgan fingerprint density at radius 1 is 1.18 bits per heavy atom. The Morgan fingerprint density at radius 2 is 2.03 bits per heavy atom. The normalized spacial score (nSPS) is 11.1. The number of ether oxygens (including phenoxy) is 1. The van der Waals surface area contributed by atoms with Crippen LogP contribution in [0.25, 0.3) is 22.5 Å². The number of nitrogens with zero attached hydrogens (tertiary/aromatic N) is 4. The average molecular weight is 465 g/mol. The fraction of sp³-hybridized carbons (Fsp3) is 0.333. The van der Waals surface area contributed by atoms with E-state index in [2.05, 4.69) is 15.1 Å². The van der Waals surface area contributed by atoms with Crippen LogP contribution in [0, 0.1) is 6.92 Å². The predicted molar refractivity (Wildman–Crippen MR) is 126 cm³/mol. The molecule has 0 atom stereocenters. The Kier molecular flexibility index (Phi) is 7.38. The number of hydrogen-bond donors (Lipinski definition) is 3. The number of unbranched alkanes of at least 4 members (excludes halogenated alkanes) is 3. The molecule has 0 fully saturated rings. The Morgan fingerprint density at radius 3 is 2.82 bits per heavy atom. The molecule has 34 heavy (non-hydrogen) atoms. The fourth-order valence-corrected chi connectivity index (χ4v) is 3.73. The van der Waals surface area contributed by atoms with Crippen molar-refractivity contribution >= 4 is 22.9 Å². The molecule has 4 rings (SSSR count). The third-order valence-electron chi connectivity index (χ3n) is 5.41. The van der Waals surface area contributed by atoms with E-state index < -0.39 is 0 Å². The van der Waals surface area contributed by atoms with E-state index >= 15 is 0 Å². The van der Waals surface area contributed by atoms with Crippen molar-refractivity contribution in [1.29, 1.82) is 0 Å². The second-order valence-corrected chi connectivity index (χ2v) is 8.08. The number of furan rings is 1. The minimum atomic E-state index is -0.348. The van der Waals surface area contributed by atoms with Gasteiger partial charge >= 0.3 is 0 Å². The first-order chi connectivity index (χ1) is 16.5. The van der Waals surface area contributed by atoms with E-state index in [1.165, 1.54) is 0 Å². The summed E-state index contributed by atoms with van der Waals surface area (Å²) >= 11 is 0. The van der Waals surface area contributed by atoms with Crippen LogP contribution in [0.4, 0.5) is 5.95 Å². The number of nitrogens with one attached hydrogen (secondary N) is 1. The number of nitrogen functional groups attached to an aromatic ring is 1. The maximum Gasteiger partial charge on any atom is 0.243 e. The van der Waals surface area contributed by atoms with Crippen molar-refractivity contribution in [2.45, 2.75) is 45.6 Å². The van der Waals surface area contributed by atoms with Gasteiger partial charge in [-0.25, -0.2) is 15.1 Å². The van der Waals surface area contributed by atoms with Crippen LogP contribution in [0.5, 0.6) is 5.75 Å². The molecule has 0 radical (unpaired) electrons. The number of benzene rings is 1. The van der Waals surface area contributed by atoms with E-state index in [0.717, 1.165) is 48.1 Å². The average Bonchev–Trinajstić information content (AvgIpc) is 3.44. The molecule has 0 unspecified atom stereocenters. The van der Waals surface area contributed by atoms with Gasteiger partial charge in [0.15, 0.2) is 11.4 Å². The van der Waals surface area contributed by atoms with Crippen LogP contribution in [0.2, 0.25) is 0 Å². The number of nitrogens with two attached hydrogens (primary N) is 1. The van der Waals surface area contributed by atoms with Crippen LogP contribution in [-0.4, -0.2) is 37.5 Å². The molecule has 0 aliphatic carbocycles. The van der Waals surface area contributed by atoms with Gasteiger partial charge in [-0.15, -0.1) is 0 Å². The molecule has 3 aromatic heterocycles. The summed E-state index contributed by atoms with van der Waals surface area (Å²) in [6.45, 7) is 2.97. The molecule has 1 amide bonds. The van der Waals surface area contributed by atoms with Gasteiger partial charge in [-0.1, -0.05) is 25.0 Å². The molecule has 0 spiro atoms. The summed E-state index contributed by atoms with van der Waals surface area (Å²) < 4.78 is 13.4. The molecular weight excluding hydrogens is 436 g/mol. The van der Waals surface area contributed by atoms with Crippen molar-refractivity contribution in [3.8, 4) is 17.2 Å². The Hall–Kier alpha value is -3.92. The zero-order valence-corrected chi connectivity index (χ0v) is 19.0. The predicted octanol–water partition coefficient (Wildman–Crippen LogP) is 3.86. The van der Waals surface area contributed by atoms with Crippen molar-refractivity contribution in [3.05, 3.63) is 53.9 Å². The third kappa shape index (κ3) is 5.70. The van der Waals surface area contributed by atoms with Gasteiger partial charge in [-0.3, -0.25) is 10.0 Å². The van der Waals surface area contributed by atoms with Gasteiger partial charge < -0.3 is 14.9 Å². The summed E-state index contributed by atoms with van der Waals surface area (Å²) in [6, 6.07) is 11.6. The zero-order valence-electron chi connectivity index (χ0n) is 19.0. The van der Waals surface area contributed by atoms with Crippen molar-refractivity contribution < 1.29 is 19.2 Å². The van der Waals surface area contributed by atoms with Crippen molar-refractivity contribution in [3.63, 3.8) is 0 Å². The number of amides is 1. The van der Waals surface area contributed by atoms with Crippen molar-refractivity contribution in [2.24, 2.45) is 0 Å². The van der Waals surface area contributed by atoms with Gasteiger partial charge in [-0.2, -0.15) is 10.1 Å². The Bertz CT molecular complexity index is 1270. The summed E-state index contributed by atoms with van der Waals surface area (Å²) in [5, 5.41) is 13.8. The first-order valence-electron chi connectivity index (χ1n) is 11.2. The second kappa shape index (κ2) is 10.8. The minimum absolute atomic E-state index is 0.160. The number of fused-ring (bicyclic) bond motifs is 1. The van der Waals surface area contributed by atoms with Gasteiger partial charge in [0.25, 0.3) is 0 Å². The van der Waals surface area contributed by atoms with Crippen LogP contribution in [0.15, 0.2) is 47.0 Å². The molecule has 0 aliphatic heterocycles. The lowest BCUT2D eigenvalue weighted by Gasteiger charge is -2.09. The molecule has 4 aromatic rings. The van der Waals surface area contributed by atoms with E-state index in [0.29, 0.717) is 36.7 Å². The highest BCUT2D eigenvalue weighted by Crippen LogP contribution is 2.28. The van der Waals surface area contributed by atoms with Gasteiger partial charge in [-0.05, 0) is 49.6 Å². The molecule has 3 heterocycles. The molecule has 178 valence electrons. The van der Waals surface area contributed by atoms with Gasteiger partial charge in [0.1, 0.15) is 17.2 Å². The molecular formula is C24H28N6O4. The maximum atomic E-state index is 11.0. The fourth-order valence-electron chi connectivity index (χ4n) is 3.73. The lowest BCUT2D eigenvalue weighted by atomic mass is 10.1. The number of hydroxylamine groups is 1. The molecule has 10 heteroatoms. The second-order valence-electron chi connectivity index (χ2n) is 8.08. The van der Waals surface area contributed by atoms with Crippen LogP contribution < -0.4 is 16.0 Å². The van der Waals surface area contributed by atoms with Crippen LogP contribution >= 0.6 is 0 Å².